The third-order valence-electron chi connectivity index (χ3n) is 2.42. The van der Waals surface area contributed by atoms with Gasteiger partial charge >= 0.3 is 0 Å². The number of pyridine rings is 1. The molecule has 0 aromatic carbocycles. The van der Waals surface area contributed by atoms with Crippen LogP contribution in [-0.2, 0) is 11.3 Å². The summed E-state index contributed by atoms with van der Waals surface area (Å²) in [6.07, 6.45) is 3.53. The predicted molar refractivity (Wildman–Crippen MR) is 63.6 cm³/mol. The Kier molecular flexibility index (Phi) is 4.43. The third-order valence-corrected chi connectivity index (χ3v) is 2.42. The third kappa shape index (κ3) is 3.62. The fourth-order valence-electron chi connectivity index (χ4n) is 1.32. The van der Waals surface area contributed by atoms with E-state index in [1.54, 1.807) is 12.4 Å². The maximum Gasteiger partial charge on any atom is 0.237 e. The molecule has 0 saturated carbocycles. The van der Waals surface area contributed by atoms with Crippen LogP contribution in [-0.4, -0.2) is 16.9 Å². The van der Waals surface area contributed by atoms with Gasteiger partial charge in [-0.05, 0) is 24.0 Å². The van der Waals surface area contributed by atoms with E-state index in [1.165, 1.54) is 0 Å². The monoisotopic (exact) mass is 221 g/mol. The van der Waals surface area contributed by atoms with Gasteiger partial charge in [-0.1, -0.05) is 19.9 Å². The van der Waals surface area contributed by atoms with E-state index in [9.17, 15) is 4.79 Å². The molecule has 16 heavy (non-hydrogen) atoms. The lowest BCUT2D eigenvalue weighted by atomic mass is 10.1. The van der Waals surface area contributed by atoms with Gasteiger partial charge in [-0.2, -0.15) is 0 Å². The van der Waals surface area contributed by atoms with Crippen molar-refractivity contribution < 1.29 is 4.79 Å². The lowest BCUT2D eigenvalue weighted by Crippen LogP contribution is -2.43. The first-order valence-electron chi connectivity index (χ1n) is 5.44. The zero-order valence-corrected chi connectivity index (χ0v) is 10.0. The zero-order chi connectivity index (χ0) is 12.1. The SMILES string of the molecule is Cc1cncc(CNC(=O)C(N)C(C)C)c1. The van der Waals surface area contributed by atoms with Crippen LogP contribution in [0.4, 0.5) is 0 Å². The minimum atomic E-state index is -0.447. The van der Waals surface area contributed by atoms with E-state index in [0.29, 0.717) is 6.54 Å². The van der Waals surface area contributed by atoms with Crippen molar-refractivity contribution in [3.05, 3.63) is 29.6 Å². The number of hydrogen-bond acceptors (Lipinski definition) is 3. The first-order valence-corrected chi connectivity index (χ1v) is 5.44. The van der Waals surface area contributed by atoms with Crippen LogP contribution in [0, 0.1) is 12.8 Å². The molecule has 0 aliphatic rings. The molecular weight excluding hydrogens is 202 g/mol. The van der Waals surface area contributed by atoms with Gasteiger partial charge in [0.15, 0.2) is 0 Å². The van der Waals surface area contributed by atoms with Gasteiger partial charge < -0.3 is 11.1 Å². The fourth-order valence-corrected chi connectivity index (χ4v) is 1.32. The van der Waals surface area contributed by atoms with Crippen molar-refractivity contribution in [1.82, 2.24) is 10.3 Å². The van der Waals surface area contributed by atoms with E-state index in [-0.39, 0.29) is 11.8 Å². The minimum absolute atomic E-state index is 0.114. The number of carbonyl (C=O) groups excluding carboxylic acids is 1. The van der Waals surface area contributed by atoms with Crippen molar-refractivity contribution in [3.63, 3.8) is 0 Å². The fraction of sp³-hybridized carbons (Fsp3) is 0.500. The second kappa shape index (κ2) is 5.61. The highest BCUT2D eigenvalue weighted by atomic mass is 16.2. The molecule has 1 amide bonds. The molecule has 0 radical (unpaired) electrons. The first-order chi connectivity index (χ1) is 7.50. The molecule has 3 N–H and O–H groups in total. The number of amides is 1. The summed E-state index contributed by atoms with van der Waals surface area (Å²) in [6.45, 7) is 6.31. The number of aromatic nitrogens is 1. The van der Waals surface area contributed by atoms with E-state index < -0.39 is 6.04 Å². The molecule has 1 unspecified atom stereocenters. The lowest BCUT2D eigenvalue weighted by molar-refractivity contribution is -0.123. The van der Waals surface area contributed by atoms with Crippen molar-refractivity contribution >= 4 is 5.91 Å². The lowest BCUT2D eigenvalue weighted by Gasteiger charge is -2.15. The summed E-state index contributed by atoms with van der Waals surface area (Å²) < 4.78 is 0. The molecule has 0 aliphatic heterocycles. The molecule has 4 heteroatoms. The molecule has 1 rings (SSSR count). The molecule has 0 saturated heterocycles. The topological polar surface area (TPSA) is 68.0 Å². The zero-order valence-electron chi connectivity index (χ0n) is 10.0. The van der Waals surface area contributed by atoms with Crippen LogP contribution in [0.15, 0.2) is 18.5 Å². The van der Waals surface area contributed by atoms with E-state index in [2.05, 4.69) is 10.3 Å². The summed E-state index contributed by atoms with van der Waals surface area (Å²) in [5.41, 5.74) is 7.80. The highest BCUT2D eigenvalue weighted by Crippen LogP contribution is 2.02. The van der Waals surface area contributed by atoms with Gasteiger partial charge in [0.1, 0.15) is 0 Å². The molecule has 1 aromatic heterocycles. The number of nitrogens with one attached hydrogen (secondary N) is 1. The van der Waals surface area contributed by atoms with Gasteiger partial charge in [-0.3, -0.25) is 9.78 Å². The maximum absolute atomic E-state index is 11.6. The Morgan fingerprint density at radius 3 is 2.75 bits per heavy atom. The molecule has 1 atom stereocenters. The van der Waals surface area contributed by atoms with Crippen LogP contribution in [0.5, 0.6) is 0 Å². The number of aryl methyl sites for hydroxylation is 1. The van der Waals surface area contributed by atoms with Crippen LogP contribution >= 0.6 is 0 Å². The van der Waals surface area contributed by atoms with Gasteiger partial charge in [-0.25, -0.2) is 0 Å². The number of hydrogen-bond donors (Lipinski definition) is 2. The summed E-state index contributed by atoms with van der Waals surface area (Å²) in [7, 11) is 0. The normalized spacial score (nSPS) is 12.6. The second-order valence-electron chi connectivity index (χ2n) is 4.36. The Hall–Kier alpha value is -1.42. The average molecular weight is 221 g/mol. The summed E-state index contributed by atoms with van der Waals surface area (Å²) in [4.78, 5) is 15.6. The Labute approximate surface area is 96.3 Å². The van der Waals surface area contributed by atoms with Crippen LogP contribution in [0.2, 0.25) is 0 Å². The number of nitrogens with two attached hydrogens (primary N) is 1. The minimum Gasteiger partial charge on any atom is -0.351 e. The van der Waals surface area contributed by atoms with Crippen molar-refractivity contribution in [2.45, 2.75) is 33.4 Å². The van der Waals surface area contributed by atoms with Gasteiger partial charge in [0.05, 0.1) is 6.04 Å². The summed E-state index contributed by atoms with van der Waals surface area (Å²) in [6, 6.07) is 1.55. The van der Waals surface area contributed by atoms with Crippen molar-refractivity contribution in [2.75, 3.05) is 0 Å². The molecule has 0 fully saturated rings. The van der Waals surface area contributed by atoms with Crippen molar-refractivity contribution in [3.8, 4) is 0 Å². The Morgan fingerprint density at radius 1 is 1.50 bits per heavy atom. The Morgan fingerprint density at radius 2 is 2.19 bits per heavy atom. The van der Waals surface area contributed by atoms with Gasteiger partial charge in [0.25, 0.3) is 0 Å². The maximum atomic E-state index is 11.6. The molecule has 0 aliphatic carbocycles. The Bertz CT molecular complexity index is 363. The van der Waals surface area contributed by atoms with E-state index >= 15 is 0 Å². The highest BCUT2D eigenvalue weighted by molar-refractivity contribution is 5.81. The number of nitrogens with zero attached hydrogens (tertiary/aromatic N) is 1. The molecule has 1 heterocycles. The molecule has 4 nitrogen and oxygen atoms in total. The van der Waals surface area contributed by atoms with Gasteiger partial charge in [-0.15, -0.1) is 0 Å². The van der Waals surface area contributed by atoms with Crippen molar-refractivity contribution in [1.29, 1.82) is 0 Å². The molecule has 1 aromatic rings. The van der Waals surface area contributed by atoms with Gasteiger partial charge in [0.2, 0.25) is 5.91 Å². The van der Waals surface area contributed by atoms with Crippen LogP contribution < -0.4 is 11.1 Å². The molecule has 0 spiro atoms. The quantitative estimate of drug-likeness (QED) is 0.796. The summed E-state index contributed by atoms with van der Waals surface area (Å²) in [5.74, 6) is 0.0344. The highest BCUT2D eigenvalue weighted by Gasteiger charge is 2.16. The summed E-state index contributed by atoms with van der Waals surface area (Å²) in [5, 5.41) is 2.80. The van der Waals surface area contributed by atoms with E-state index in [4.69, 9.17) is 5.73 Å². The second-order valence-corrected chi connectivity index (χ2v) is 4.36. The standard InChI is InChI=1S/C12H19N3O/c1-8(2)11(13)12(16)15-7-10-4-9(3)5-14-6-10/h4-6,8,11H,7,13H2,1-3H3,(H,15,16). The predicted octanol–water partition coefficient (Wildman–Crippen LogP) is 0.990. The molecule has 88 valence electrons. The Balaban J connectivity index is 2.49. The molecule has 0 bridgehead atoms. The summed E-state index contributed by atoms with van der Waals surface area (Å²) >= 11 is 0. The smallest absolute Gasteiger partial charge is 0.237 e. The largest absolute Gasteiger partial charge is 0.351 e. The first kappa shape index (κ1) is 12.6. The number of carbonyl (C=O) groups is 1. The van der Waals surface area contributed by atoms with E-state index in [0.717, 1.165) is 11.1 Å². The number of rotatable bonds is 4. The average Bonchev–Trinajstić information content (AvgIpc) is 2.24. The van der Waals surface area contributed by atoms with Crippen LogP contribution in [0.1, 0.15) is 25.0 Å². The van der Waals surface area contributed by atoms with Gasteiger partial charge in [0, 0.05) is 18.9 Å². The van der Waals surface area contributed by atoms with Crippen molar-refractivity contribution in [2.24, 2.45) is 11.7 Å². The van der Waals surface area contributed by atoms with Crippen LogP contribution in [0.25, 0.3) is 0 Å². The molecular formula is C12H19N3O. The van der Waals surface area contributed by atoms with Crippen LogP contribution in [0.3, 0.4) is 0 Å². The van der Waals surface area contributed by atoms with E-state index in [1.807, 2.05) is 26.8 Å².